The summed E-state index contributed by atoms with van der Waals surface area (Å²) in [5, 5.41) is 4.17. The smallest absolute Gasteiger partial charge is 0.223 e. The zero-order valence-corrected chi connectivity index (χ0v) is 18.3. The number of fused-ring (bicyclic) bond motifs is 1. The maximum atomic E-state index is 12.5. The number of anilines is 1. The van der Waals surface area contributed by atoms with Crippen molar-refractivity contribution in [2.24, 2.45) is 5.92 Å². The summed E-state index contributed by atoms with van der Waals surface area (Å²) in [6.45, 7) is 5.15. The molecule has 158 valence electrons. The van der Waals surface area contributed by atoms with Gasteiger partial charge in [0.05, 0.1) is 16.8 Å². The van der Waals surface area contributed by atoms with Gasteiger partial charge in [0, 0.05) is 25.6 Å². The molecule has 0 saturated carbocycles. The number of carbonyl (C=O) groups is 1. The van der Waals surface area contributed by atoms with Crippen molar-refractivity contribution in [3.63, 3.8) is 0 Å². The molecule has 0 atom stereocenters. The predicted molar refractivity (Wildman–Crippen MR) is 123 cm³/mol. The van der Waals surface area contributed by atoms with E-state index in [0.717, 1.165) is 66.4 Å². The lowest BCUT2D eigenvalue weighted by Crippen LogP contribution is -2.40. The Morgan fingerprint density at radius 2 is 2.00 bits per heavy atom. The van der Waals surface area contributed by atoms with Gasteiger partial charge in [0.1, 0.15) is 5.75 Å². The van der Waals surface area contributed by atoms with Gasteiger partial charge in [-0.3, -0.25) is 4.79 Å². The zero-order chi connectivity index (χ0) is 20.8. The number of piperidine rings is 1. The third kappa shape index (κ3) is 5.11. The Labute approximate surface area is 182 Å². The van der Waals surface area contributed by atoms with E-state index in [1.807, 2.05) is 25.1 Å². The van der Waals surface area contributed by atoms with Crippen LogP contribution < -0.4 is 15.0 Å². The van der Waals surface area contributed by atoms with Crippen molar-refractivity contribution in [1.29, 1.82) is 0 Å². The highest BCUT2D eigenvalue weighted by atomic mass is 32.1. The molecule has 2 aromatic carbocycles. The van der Waals surface area contributed by atoms with Crippen molar-refractivity contribution in [1.82, 2.24) is 10.3 Å². The molecule has 1 aliphatic heterocycles. The van der Waals surface area contributed by atoms with Crippen molar-refractivity contribution < 1.29 is 9.53 Å². The fourth-order valence-corrected chi connectivity index (χ4v) is 4.96. The number of ether oxygens (including phenoxy) is 1. The van der Waals surface area contributed by atoms with Crippen LogP contribution in [-0.2, 0) is 11.2 Å². The van der Waals surface area contributed by atoms with E-state index >= 15 is 0 Å². The minimum absolute atomic E-state index is 0.108. The van der Waals surface area contributed by atoms with Crippen molar-refractivity contribution in [3.05, 3.63) is 54.1 Å². The van der Waals surface area contributed by atoms with Gasteiger partial charge < -0.3 is 15.0 Å². The van der Waals surface area contributed by atoms with Gasteiger partial charge in [-0.1, -0.05) is 41.7 Å². The first-order chi connectivity index (χ1) is 14.7. The number of rotatable bonds is 8. The number of aryl methyl sites for hydroxylation is 1. The summed E-state index contributed by atoms with van der Waals surface area (Å²) >= 11 is 1.70. The molecule has 1 amide bonds. The van der Waals surface area contributed by atoms with Crippen molar-refractivity contribution >= 4 is 32.6 Å². The number of amides is 1. The normalized spacial score (nSPS) is 14.8. The SMILES string of the molecule is CCOc1ccc2nc(N3CCC(C(=O)NCCCc4ccccc4)CC3)sc2c1. The average molecular weight is 424 g/mol. The van der Waals surface area contributed by atoms with E-state index < -0.39 is 0 Å². The summed E-state index contributed by atoms with van der Waals surface area (Å²) in [4.78, 5) is 19.6. The van der Waals surface area contributed by atoms with Gasteiger partial charge in [0.25, 0.3) is 0 Å². The maximum Gasteiger partial charge on any atom is 0.223 e. The molecule has 30 heavy (non-hydrogen) atoms. The van der Waals surface area contributed by atoms with Crippen LogP contribution in [0.15, 0.2) is 48.5 Å². The van der Waals surface area contributed by atoms with Crippen LogP contribution in [-0.4, -0.2) is 37.1 Å². The summed E-state index contributed by atoms with van der Waals surface area (Å²) in [5.41, 5.74) is 2.33. The number of nitrogens with one attached hydrogen (secondary N) is 1. The maximum absolute atomic E-state index is 12.5. The molecule has 1 saturated heterocycles. The van der Waals surface area contributed by atoms with E-state index in [0.29, 0.717) is 6.61 Å². The monoisotopic (exact) mass is 423 g/mol. The number of hydrogen-bond acceptors (Lipinski definition) is 5. The van der Waals surface area contributed by atoms with Crippen LogP contribution in [0.2, 0.25) is 0 Å². The fourth-order valence-electron chi connectivity index (χ4n) is 3.91. The lowest BCUT2D eigenvalue weighted by atomic mass is 9.96. The van der Waals surface area contributed by atoms with Crippen LogP contribution in [0.5, 0.6) is 5.75 Å². The van der Waals surface area contributed by atoms with Crippen LogP contribution in [0, 0.1) is 5.92 Å². The summed E-state index contributed by atoms with van der Waals surface area (Å²) in [6, 6.07) is 16.5. The third-order valence-electron chi connectivity index (χ3n) is 5.58. The van der Waals surface area contributed by atoms with E-state index in [9.17, 15) is 4.79 Å². The average Bonchev–Trinajstić information content (AvgIpc) is 3.21. The van der Waals surface area contributed by atoms with Crippen LogP contribution in [0.3, 0.4) is 0 Å². The first-order valence-corrected chi connectivity index (χ1v) is 11.6. The Morgan fingerprint density at radius 1 is 1.20 bits per heavy atom. The first-order valence-electron chi connectivity index (χ1n) is 10.8. The van der Waals surface area contributed by atoms with E-state index in [1.54, 1.807) is 11.3 Å². The summed E-state index contributed by atoms with van der Waals surface area (Å²) in [6.07, 6.45) is 3.74. The van der Waals surface area contributed by atoms with E-state index in [4.69, 9.17) is 9.72 Å². The third-order valence-corrected chi connectivity index (χ3v) is 6.66. The largest absolute Gasteiger partial charge is 0.494 e. The molecular weight excluding hydrogens is 394 g/mol. The van der Waals surface area contributed by atoms with Gasteiger partial charge in [-0.15, -0.1) is 0 Å². The number of carbonyl (C=O) groups excluding carboxylic acids is 1. The lowest BCUT2D eigenvalue weighted by Gasteiger charge is -2.31. The van der Waals surface area contributed by atoms with E-state index in [1.165, 1.54) is 5.56 Å². The minimum Gasteiger partial charge on any atom is -0.494 e. The Morgan fingerprint density at radius 3 is 2.77 bits per heavy atom. The van der Waals surface area contributed by atoms with Crippen LogP contribution in [0.4, 0.5) is 5.13 Å². The highest BCUT2D eigenvalue weighted by Crippen LogP contribution is 2.33. The second-order valence-electron chi connectivity index (χ2n) is 7.70. The molecule has 0 aliphatic carbocycles. The zero-order valence-electron chi connectivity index (χ0n) is 17.5. The Bertz CT molecular complexity index is 965. The lowest BCUT2D eigenvalue weighted by molar-refractivity contribution is -0.125. The Hall–Kier alpha value is -2.60. The number of nitrogens with zero attached hydrogens (tertiary/aromatic N) is 2. The molecule has 6 heteroatoms. The molecular formula is C24H29N3O2S. The number of aromatic nitrogens is 1. The molecule has 4 rings (SSSR count). The second-order valence-corrected chi connectivity index (χ2v) is 8.71. The minimum atomic E-state index is 0.108. The molecule has 0 radical (unpaired) electrons. The molecule has 1 fully saturated rings. The van der Waals surface area contributed by atoms with Crippen LogP contribution in [0.25, 0.3) is 10.2 Å². The highest BCUT2D eigenvalue weighted by Gasteiger charge is 2.26. The fraction of sp³-hybridized carbons (Fsp3) is 0.417. The number of hydrogen-bond donors (Lipinski definition) is 1. The molecule has 0 unspecified atom stereocenters. The van der Waals surface area contributed by atoms with Gasteiger partial charge in [0.2, 0.25) is 5.91 Å². The first kappa shape index (κ1) is 20.7. The van der Waals surface area contributed by atoms with E-state index in [-0.39, 0.29) is 11.8 Å². The standard InChI is InChI=1S/C24H29N3O2S/c1-2-29-20-10-11-21-22(17-20)30-24(26-21)27-15-12-19(13-16-27)23(28)25-14-6-9-18-7-4-3-5-8-18/h3-5,7-8,10-11,17,19H,2,6,9,12-16H2,1H3,(H,25,28). The number of thiazole rings is 1. The van der Waals surface area contributed by atoms with E-state index in [2.05, 4.69) is 40.5 Å². The topological polar surface area (TPSA) is 54.5 Å². The van der Waals surface area contributed by atoms with Gasteiger partial charge in [-0.2, -0.15) is 0 Å². The molecule has 5 nitrogen and oxygen atoms in total. The molecule has 2 heterocycles. The molecule has 3 aromatic rings. The van der Waals surface area contributed by atoms with Gasteiger partial charge >= 0.3 is 0 Å². The quantitative estimate of drug-likeness (QED) is 0.536. The molecule has 1 aliphatic rings. The highest BCUT2D eigenvalue weighted by molar-refractivity contribution is 7.22. The van der Waals surface area contributed by atoms with Crippen LogP contribution >= 0.6 is 11.3 Å². The Kier molecular flexibility index (Phi) is 6.84. The van der Waals surface area contributed by atoms with Crippen molar-refractivity contribution in [2.45, 2.75) is 32.6 Å². The van der Waals surface area contributed by atoms with Gasteiger partial charge in [0.15, 0.2) is 5.13 Å². The molecule has 1 N–H and O–H groups in total. The molecule has 0 bridgehead atoms. The number of benzene rings is 2. The summed E-state index contributed by atoms with van der Waals surface area (Å²) in [7, 11) is 0. The Balaban J connectivity index is 1.24. The summed E-state index contributed by atoms with van der Waals surface area (Å²) < 4.78 is 6.74. The van der Waals surface area contributed by atoms with Crippen LogP contribution in [0.1, 0.15) is 31.7 Å². The van der Waals surface area contributed by atoms with Gasteiger partial charge in [-0.05, 0) is 56.4 Å². The van der Waals surface area contributed by atoms with Crippen molar-refractivity contribution in [2.75, 3.05) is 31.1 Å². The van der Waals surface area contributed by atoms with Crippen molar-refractivity contribution in [3.8, 4) is 5.75 Å². The second kappa shape index (κ2) is 9.94. The molecule has 0 spiro atoms. The predicted octanol–water partition coefficient (Wildman–Crippen LogP) is 4.66. The van der Waals surface area contributed by atoms with Gasteiger partial charge in [-0.25, -0.2) is 4.98 Å². The summed E-state index contributed by atoms with van der Waals surface area (Å²) in [5.74, 6) is 1.20. The molecule has 1 aromatic heterocycles.